The van der Waals surface area contributed by atoms with Gasteiger partial charge in [0, 0.05) is 26.3 Å². The first kappa shape index (κ1) is 26.4. The molecule has 0 saturated heterocycles. The van der Waals surface area contributed by atoms with Gasteiger partial charge in [0.2, 0.25) is 19.7 Å². The summed E-state index contributed by atoms with van der Waals surface area (Å²) in [6, 6.07) is 25.5. The Morgan fingerprint density at radius 2 is 1.18 bits per heavy atom. The molecule has 10 heteroatoms. The zero-order valence-electron chi connectivity index (χ0n) is 21.4. The van der Waals surface area contributed by atoms with Gasteiger partial charge in [-0.15, -0.1) is 10.2 Å². The number of benzene rings is 4. The molecule has 6 aromatic rings. The molecule has 0 bridgehead atoms. The lowest BCUT2D eigenvalue weighted by Crippen LogP contribution is -2.10. The number of fused-ring (bicyclic) bond motifs is 3. The van der Waals surface area contributed by atoms with Crippen molar-refractivity contribution < 1.29 is 16.8 Å². The Morgan fingerprint density at radius 1 is 0.625 bits per heavy atom. The number of nitrogens with zero attached hydrogens (tertiary/aromatic N) is 2. The van der Waals surface area contributed by atoms with Gasteiger partial charge in [-0.1, -0.05) is 39.7 Å². The minimum Gasteiger partial charge on any atom is -0.354 e. The second kappa shape index (κ2) is 9.65. The molecule has 40 heavy (non-hydrogen) atoms. The lowest BCUT2D eigenvalue weighted by molar-refractivity contribution is 0.580. The summed E-state index contributed by atoms with van der Waals surface area (Å²) in [5, 5.41) is 9.10. The molecule has 7 nitrogen and oxygen atoms in total. The van der Waals surface area contributed by atoms with Crippen molar-refractivity contribution in [1.29, 1.82) is 0 Å². The van der Waals surface area contributed by atoms with Crippen molar-refractivity contribution in [1.82, 2.24) is 15.2 Å². The highest BCUT2D eigenvalue weighted by Crippen LogP contribution is 2.35. The van der Waals surface area contributed by atoms with Crippen molar-refractivity contribution in [2.45, 2.75) is 33.7 Å². The van der Waals surface area contributed by atoms with Crippen LogP contribution in [0.15, 0.2) is 115 Å². The van der Waals surface area contributed by atoms with Crippen LogP contribution in [0.3, 0.4) is 0 Å². The fourth-order valence-corrected chi connectivity index (χ4v) is 7.28. The van der Waals surface area contributed by atoms with Crippen LogP contribution in [0.1, 0.15) is 11.1 Å². The van der Waals surface area contributed by atoms with Gasteiger partial charge < -0.3 is 4.98 Å². The van der Waals surface area contributed by atoms with Crippen molar-refractivity contribution in [3.8, 4) is 11.1 Å². The van der Waals surface area contributed by atoms with Gasteiger partial charge in [-0.05, 0) is 97.8 Å². The first-order valence-corrected chi connectivity index (χ1v) is 16.0. The molecule has 1 N–H and O–H groups in total. The third-order valence-corrected chi connectivity index (χ3v) is 10.6. The second-order valence-corrected chi connectivity index (χ2v) is 14.3. The molecule has 4 aromatic carbocycles. The summed E-state index contributed by atoms with van der Waals surface area (Å²) in [5.41, 5.74) is 6.11. The molecule has 2 heterocycles. The molecule has 0 radical (unpaired) electrons. The van der Waals surface area contributed by atoms with E-state index in [1.165, 1.54) is 35.9 Å². The van der Waals surface area contributed by atoms with Crippen molar-refractivity contribution in [2.75, 3.05) is 0 Å². The predicted octanol–water partition coefficient (Wildman–Crippen LogP) is 6.82. The zero-order valence-corrected chi connectivity index (χ0v) is 24.6. The van der Waals surface area contributed by atoms with Crippen LogP contribution < -0.4 is 0 Å². The van der Waals surface area contributed by atoms with E-state index < -0.39 is 19.7 Å². The predicted molar refractivity (Wildman–Crippen MR) is 158 cm³/mol. The summed E-state index contributed by atoms with van der Waals surface area (Å²) < 4.78 is 53.1. The average Bonchev–Trinajstić information content (AvgIpc) is 3.30. The van der Waals surface area contributed by atoms with E-state index in [4.69, 9.17) is 0 Å². The van der Waals surface area contributed by atoms with Gasteiger partial charge in [-0.25, -0.2) is 16.8 Å². The SMILES string of the molecule is Cc1ccc2[nH]c3c(-c4ccc(S(=O)(=O)c5ccc(S(=O)(=O)c6ccc(Br)cc6)nn5)cc4)cc(C)cc3c2c1. The largest absolute Gasteiger partial charge is 0.354 e. The van der Waals surface area contributed by atoms with Crippen LogP contribution in [0.4, 0.5) is 0 Å². The number of aromatic nitrogens is 3. The Morgan fingerprint density at radius 3 is 1.75 bits per heavy atom. The summed E-state index contributed by atoms with van der Waals surface area (Å²) in [4.78, 5) is 3.58. The van der Waals surface area contributed by atoms with Gasteiger partial charge in [-0.3, -0.25) is 0 Å². The molecule has 0 aliphatic heterocycles. The van der Waals surface area contributed by atoms with Gasteiger partial charge >= 0.3 is 0 Å². The van der Waals surface area contributed by atoms with E-state index in [1.807, 2.05) is 6.92 Å². The maximum atomic E-state index is 13.3. The van der Waals surface area contributed by atoms with Crippen LogP contribution >= 0.6 is 15.9 Å². The molecule has 0 atom stereocenters. The van der Waals surface area contributed by atoms with Crippen LogP contribution in [0.25, 0.3) is 32.9 Å². The van der Waals surface area contributed by atoms with Crippen LogP contribution in [-0.2, 0) is 19.7 Å². The molecule has 0 amide bonds. The summed E-state index contributed by atoms with van der Waals surface area (Å²) in [7, 11) is -7.97. The number of rotatable bonds is 5. The first-order chi connectivity index (χ1) is 19.0. The molecule has 200 valence electrons. The standard InChI is InChI=1S/C30H22BrN3O4S2/c1-18-3-12-27-25(15-18)26-17-19(2)16-24(30(26)32-27)20-4-8-22(9-5-20)39(35,36)28-13-14-29(34-33-28)40(37,38)23-10-6-21(31)7-11-23/h3-17,32H,1-2H3. The topological polar surface area (TPSA) is 110 Å². The van der Waals surface area contributed by atoms with Gasteiger partial charge in [0.15, 0.2) is 10.1 Å². The Kier molecular flexibility index (Phi) is 6.36. The minimum atomic E-state index is -4.03. The van der Waals surface area contributed by atoms with E-state index in [0.717, 1.165) is 49.0 Å². The lowest BCUT2D eigenvalue weighted by Gasteiger charge is -2.09. The lowest BCUT2D eigenvalue weighted by atomic mass is 9.99. The highest BCUT2D eigenvalue weighted by molar-refractivity contribution is 9.10. The first-order valence-electron chi connectivity index (χ1n) is 12.3. The molecule has 0 aliphatic rings. The number of halogens is 1. The van der Waals surface area contributed by atoms with E-state index in [1.54, 1.807) is 24.3 Å². The van der Waals surface area contributed by atoms with Crippen molar-refractivity contribution in [3.63, 3.8) is 0 Å². The van der Waals surface area contributed by atoms with Crippen LogP contribution in [-0.4, -0.2) is 32.0 Å². The average molecular weight is 633 g/mol. The van der Waals surface area contributed by atoms with E-state index >= 15 is 0 Å². The molecule has 2 aromatic heterocycles. The quantitative estimate of drug-likeness (QED) is 0.223. The van der Waals surface area contributed by atoms with Gasteiger partial charge in [-0.2, -0.15) is 0 Å². The highest BCUT2D eigenvalue weighted by atomic mass is 79.9. The van der Waals surface area contributed by atoms with Crippen LogP contribution in [0, 0.1) is 13.8 Å². The molecule has 0 spiro atoms. The van der Waals surface area contributed by atoms with E-state index in [-0.39, 0.29) is 19.8 Å². The fourth-order valence-electron chi connectivity index (χ4n) is 4.75. The maximum Gasteiger partial charge on any atom is 0.225 e. The third kappa shape index (κ3) is 4.51. The van der Waals surface area contributed by atoms with E-state index in [0.29, 0.717) is 0 Å². The van der Waals surface area contributed by atoms with Gasteiger partial charge in [0.25, 0.3) is 0 Å². The number of aromatic amines is 1. The van der Waals surface area contributed by atoms with Gasteiger partial charge in [0.1, 0.15) is 0 Å². The summed E-state index contributed by atoms with van der Waals surface area (Å²) in [6.07, 6.45) is 0. The van der Waals surface area contributed by atoms with Crippen LogP contribution in [0.5, 0.6) is 0 Å². The van der Waals surface area contributed by atoms with E-state index in [2.05, 4.69) is 68.4 Å². The number of hydrogen-bond acceptors (Lipinski definition) is 6. The van der Waals surface area contributed by atoms with Crippen LogP contribution in [0.2, 0.25) is 0 Å². The summed E-state index contributed by atoms with van der Waals surface area (Å²) >= 11 is 3.27. The molecular weight excluding hydrogens is 610 g/mol. The highest BCUT2D eigenvalue weighted by Gasteiger charge is 2.24. The Bertz CT molecular complexity index is 2140. The molecule has 0 fully saturated rings. The van der Waals surface area contributed by atoms with Crippen molar-refractivity contribution in [3.05, 3.63) is 107 Å². The number of hydrogen-bond donors (Lipinski definition) is 1. The summed E-state index contributed by atoms with van der Waals surface area (Å²) in [6.45, 7) is 4.10. The smallest absolute Gasteiger partial charge is 0.225 e. The number of H-pyrrole nitrogens is 1. The molecule has 0 saturated carbocycles. The van der Waals surface area contributed by atoms with Crippen molar-refractivity contribution >= 4 is 57.4 Å². The molecule has 0 aliphatic carbocycles. The number of nitrogens with one attached hydrogen (secondary N) is 1. The molecule has 6 rings (SSSR count). The third-order valence-electron chi connectivity index (χ3n) is 6.77. The summed E-state index contributed by atoms with van der Waals surface area (Å²) in [5.74, 6) is 0. The Hall–Kier alpha value is -3.86. The number of aryl methyl sites for hydroxylation is 2. The van der Waals surface area contributed by atoms with E-state index in [9.17, 15) is 16.8 Å². The Balaban J connectivity index is 1.34. The van der Waals surface area contributed by atoms with Crippen molar-refractivity contribution in [2.24, 2.45) is 0 Å². The fraction of sp³-hybridized carbons (Fsp3) is 0.0667. The Labute approximate surface area is 239 Å². The maximum absolute atomic E-state index is 13.3. The monoisotopic (exact) mass is 631 g/mol. The van der Waals surface area contributed by atoms with Gasteiger partial charge in [0.05, 0.1) is 15.3 Å². The zero-order chi connectivity index (χ0) is 28.2. The minimum absolute atomic E-state index is 0.0326. The normalized spacial score (nSPS) is 12.3. The number of sulfone groups is 2. The molecule has 0 unspecified atom stereocenters. The molecular formula is C30H22BrN3O4S2. The second-order valence-electron chi connectivity index (χ2n) is 9.60.